The van der Waals surface area contributed by atoms with Crippen LogP contribution >= 0.6 is 0 Å². The van der Waals surface area contributed by atoms with E-state index >= 15 is 0 Å². The third-order valence-electron chi connectivity index (χ3n) is 5.21. The highest BCUT2D eigenvalue weighted by Gasteiger charge is 2.36. The maximum absolute atomic E-state index is 14.1. The molecule has 2 aliphatic rings. The maximum Gasteiger partial charge on any atom is 0.573 e. The zero-order valence-electron chi connectivity index (χ0n) is 14.3. The molecular formula is C18H21F5O3. The zero-order valence-corrected chi connectivity index (χ0v) is 14.3. The van der Waals surface area contributed by atoms with Crippen LogP contribution in [0.5, 0.6) is 5.75 Å². The van der Waals surface area contributed by atoms with Gasteiger partial charge in [0.1, 0.15) is 0 Å². The van der Waals surface area contributed by atoms with Gasteiger partial charge in [0.05, 0.1) is 13.2 Å². The molecule has 0 spiro atoms. The Balaban J connectivity index is 1.63. The molecule has 1 saturated heterocycles. The van der Waals surface area contributed by atoms with Crippen molar-refractivity contribution in [2.75, 3.05) is 13.2 Å². The number of ether oxygens (including phenoxy) is 3. The van der Waals surface area contributed by atoms with Crippen molar-refractivity contribution < 1.29 is 36.2 Å². The summed E-state index contributed by atoms with van der Waals surface area (Å²) in [6.45, 7) is 2.93. The Bertz CT molecular complexity index is 618. The van der Waals surface area contributed by atoms with Gasteiger partial charge in [0.25, 0.3) is 0 Å². The fourth-order valence-corrected chi connectivity index (χ4v) is 3.66. The van der Waals surface area contributed by atoms with Gasteiger partial charge in [-0.05, 0) is 36.8 Å². The standard InChI is InChI=1S/C18H21F5O3/c1-10-2-4-11(5-3-10)12-8-24-17(25-9-12)13-6-7-14(16(20)15(13)19)26-18(21,22)23/h6-7,10-12,17H,2-5,8-9H2,1H3. The summed E-state index contributed by atoms with van der Waals surface area (Å²) < 4.78 is 79.1. The van der Waals surface area contributed by atoms with Gasteiger partial charge in [-0.3, -0.25) is 0 Å². The van der Waals surface area contributed by atoms with Gasteiger partial charge in [-0.1, -0.05) is 19.8 Å². The Kier molecular flexibility index (Phi) is 5.72. The molecule has 0 atom stereocenters. The summed E-state index contributed by atoms with van der Waals surface area (Å²) >= 11 is 0. The number of rotatable bonds is 3. The minimum absolute atomic E-state index is 0.194. The number of benzene rings is 1. The predicted molar refractivity (Wildman–Crippen MR) is 82.3 cm³/mol. The van der Waals surface area contributed by atoms with E-state index in [-0.39, 0.29) is 11.5 Å². The first kappa shape index (κ1) is 19.4. The molecule has 146 valence electrons. The quantitative estimate of drug-likeness (QED) is 0.662. The lowest BCUT2D eigenvalue weighted by molar-refractivity contribution is -0.275. The van der Waals surface area contributed by atoms with Gasteiger partial charge in [0.2, 0.25) is 5.82 Å². The number of hydrogen-bond acceptors (Lipinski definition) is 3. The van der Waals surface area contributed by atoms with Crippen LogP contribution in [-0.2, 0) is 9.47 Å². The lowest BCUT2D eigenvalue weighted by atomic mass is 9.76. The average molecular weight is 380 g/mol. The van der Waals surface area contributed by atoms with Gasteiger partial charge in [0.15, 0.2) is 17.9 Å². The van der Waals surface area contributed by atoms with Gasteiger partial charge >= 0.3 is 6.36 Å². The fourth-order valence-electron chi connectivity index (χ4n) is 3.66. The SMILES string of the molecule is CC1CCC(C2COC(c3ccc(OC(F)(F)F)c(F)c3F)OC2)CC1. The van der Waals surface area contributed by atoms with Crippen LogP contribution in [0.3, 0.4) is 0 Å². The van der Waals surface area contributed by atoms with E-state index in [1.807, 2.05) is 0 Å². The van der Waals surface area contributed by atoms with E-state index in [2.05, 4.69) is 11.7 Å². The molecule has 0 bridgehead atoms. The lowest BCUT2D eigenvalue weighted by Gasteiger charge is -2.37. The summed E-state index contributed by atoms with van der Waals surface area (Å²) in [5.74, 6) is -2.99. The Labute approximate surface area is 148 Å². The molecule has 2 fully saturated rings. The van der Waals surface area contributed by atoms with Gasteiger partial charge in [-0.15, -0.1) is 13.2 Å². The van der Waals surface area contributed by atoms with Crippen molar-refractivity contribution in [3.05, 3.63) is 29.3 Å². The van der Waals surface area contributed by atoms with Crippen molar-refractivity contribution in [1.29, 1.82) is 0 Å². The largest absolute Gasteiger partial charge is 0.573 e. The molecule has 3 nitrogen and oxygen atoms in total. The van der Waals surface area contributed by atoms with Crippen molar-refractivity contribution in [3.8, 4) is 5.75 Å². The van der Waals surface area contributed by atoms with E-state index < -0.39 is 30.0 Å². The van der Waals surface area contributed by atoms with Crippen LogP contribution in [0.4, 0.5) is 22.0 Å². The molecule has 1 aliphatic carbocycles. The van der Waals surface area contributed by atoms with Crippen molar-refractivity contribution in [2.45, 2.75) is 45.3 Å². The van der Waals surface area contributed by atoms with Crippen molar-refractivity contribution in [1.82, 2.24) is 0 Å². The molecule has 1 aromatic rings. The van der Waals surface area contributed by atoms with Crippen LogP contribution in [0.15, 0.2) is 12.1 Å². The highest BCUT2D eigenvalue weighted by Crippen LogP contribution is 2.38. The van der Waals surface area contributed by atoms with E-state index in [1.54, 1.807) is 0 Å². The summed E-state index contributed by atoms with van der Waals surface area (Å²) in [4.78, 5) is 0. The second kappa shape index (κ2) is 7.68. The third kappa shape index (κ3) is 4.46. The maximum atomic E-state index is 14.1. The number of alkyl halides is 3. The molecule has 0 radical (unpaired) electrons. The zero-order chi connectivity index (χ0) is 18.9. The molecule has 0 N–H and O–H groups in total. The molecular weight excluding hydrogens is 359 g/mol. The Morgan fingerprint density at radius 1 is 0.923 bits per heavy atom. The summed E-state index contributed by atoms with van der Waals surface area (Å²) in [6, 6.07) is 1.72. The third-order valence-corrected chi connectivity index (χ3v) is 5.21. The van der Waals surface area contributed by atoms with Crippen molar-refractivity contribution in [3.63, 3.8) is 0 Å². The molecule has 8 heteroatoms. The molecule has 0 amide bonds. The number of hydrogen-bond donors (Lipinski definition) is 0. The van der Waals surface area contributed by atoms with Crippen molar-refractivity contribution in [2.24, 2.45) is 17.8 Å². The summed E-state index contributed by atoms with van der Waals surface area (Å²) in [7, 11) is 0. The minimum Gasteiger partial charge on any atom is -0.403 e. The highest BCUT2D eigenvalue weighted by atomic mass is 19.4. The molecule has 0 unspecified atom stereocenters. The van der Waals surface area contributed by atoms with Gasteiger partial charge < -0.3 is 14.2 Å². The predicted octanol–water partition coefficient (Wildman–Crippen LogP) is 5.35. The lowest BCUT2D eigenvalue weighted by Crippen LogP contribution is -2.34. The van der Waals surface area contributed by atoms with E-state index in [0.717, 1.165) is 43.7 Å². The first-order chi connectivity index (χ1) is 12.2. The topological polar surface area (TPSA) is 27.7 Å². The van der Waals surface area contributed by atoms with Crippen LogP contribution in [0, 0.1) is 29.4 Å². The Morgan fingerprint density at radius 2 is 1.54 bits per heavy atom. The normalized spacial score (nSPS) is 30.2. The smallest absolute Gasteiger partial charge is 0.403 e. The summed E-state index contributed by atoms with van der Waals surface area (Å²) in [5, 5.41) is 0. The first-order valence-corrected chi connectivity index (χ1v) is 8.71. The van der Waals surface area contributed by atoms with Crippen molar-refractivity contribution >= 4 is 0 Å². The first-order valence-electron chi connectivity index (χ1n) is 8.71. The molecule has 26 heavy (non-hydrogen) atoms. The van der Waals surface area contributed by atoms with E-state index in [4.69, 9.17) is 9.47 Å². The second-order valence-electron chi connectivity index (χ2n) is 7.11. The molecule has 1 saturated carbocycles. The van der Waals surface area contributed by atoms with E-state index in [1.165, 1.54) is 0 Å². The Morgan fingerprint density at radius 3 is 2.12 bits per heavy atom. The van der Waals surface area contributed by atoms with Gasteiger partial charge in [-0.2, -0.15) is 4.39 Å². The summed E-state index contributed by atoms with van der Waals surface area (Å²) in [5.41, 5.74) is -0.271. The molecule has 0 aromatic heterocycles. The molecule has 1 aliphatic heterocycles. The minimum atomic E-state index is -5.10. The molecule has 1 aromatic carbocycles. The summed E-state index contributed by atoms with van der Waals surface area (Å²) in [6.07, 6.45) is -1.73. The molecule has 3 rings (SSSR count). The molecule has 1 heterocycles. The average Bonchev–Trinajstić information content (AvgIpc) is 2.59. The van der Waals surface area contributed by atoms with Crippen LogP contribution < -0.4 is 4.74 Å². The van der Waals surface area contributed by atoms with E-state index in [9.17, 15) is 22.0 Å². The van der Waals surface area contributed by atoms with Gasteiger partial charge in [-0.25, -0.2) is 4.39 Å². The van der Waals surface area contributed by atoms with E-state index in [0.29, 0.717) is 19.1 Å². The van der Waals surface area contributed by atoms with Gasteiger partial charge in [0, 0.05) is 11.5 Å². The van der Waals surface area contributed by atoms with Crippen LogP contribution in [0.25, 0.3) is 0 Å². The highest BCUT2D eigenvalue weighted by molar-refractivity contribution is 5.32. The number of halogens is 5. The van der Waals surface area contributed by atoms with Crippen LogP contribution in [0.1, 0.15) is 44.5 Å². The monoisotopic (exact) mass is 380 g/mol. The fraction of sp³-hybridized carbons (Fsp3) is 0.667. The van der Waals surface area contributed by atoms with Crippen LogP contribution in [-0.4, -0.2) is 19.6 Å². The Hall–Kier alpha value is -1.41. The second-order valence-corrected chi connectivity index (χ2v) is 7.11. The van der Waals surface area contributed by atoms with Crippen LogP contribution in [0.2, 0.25) is 0 Å².